The van der Waals surface area contributed by atoms with Crippen molar-refractivity contribution in [3.8, 4) is 5.75 Å². The molecule has 2 aromatic rings. The Balaban J connectivity index is 1.84. The number of methoxy groups -OCH3 is 2. The third-order valence-corrected chi connectivity index (χ3v) is 5.16. The lowest BCUT2D eigenvalue weighted by Gasteiger charge is -2.27. The summed E-state index contributed by atoms with van der Waals surface area (Å²) in [5.74, 6) is -1.09. The van der Waals surface area contributed by atoms with Crippen molar-refractivity contribution in [2.75, 3.05) is 32.7 Å². The fourth-order valence-corrected chi connectivity index (χ4v) is 3.84. The molecule has 1 amide bonds. The van der Waals surface area contributed by atoms with E-state index in [2.05, 4.69) is 10.6 Å². The van der Waals surface area contributed by atoms with E-state index in [0.29, 0.717) is 6.54 Å². The smallest absolute Gasteiger partial charge is 0.246 e. The summed E-state index contributed by atoms with van der Waals surface area (Å²) in [7, 11) is 3.07. The van der Waals surface area contributed by atoms with Crippen LogP contribution in [0.4, 0.5) is 14.5 Å². The lowest BCUT2D eigenvalue weighted by Crippen LogP contribution is -2.38. The predicted molar refractivity (Wildman–Crippen MR) is 107 cm³/mol. The first-order valence-electron chi connectivity index (χ1n) is 9.46. The van der Waals surface area contributed by atoms with Gasteiger partial charge in [-0.3, -0.25) is 4.79 Å². The van der Waals surface area contributed by atoms with E-state index in [4.69, 9.17) is 9.47 Å². The first-order chi connectivity index (χ1) is 13.8. The highest BCUT2D eigenvalue weighted by Crippen LogP contribution is 2.32. The van der Waals surface area contributed by atoms with Crippen molar-refractivity contribution in [2.45, 2.75) is 31.7 Å². The van der Waals surface area contributed by atoms with Crippen LogP contribution in [0.5, 0.6) is 5.75 Å². The standard InChI is InChI=1S/C22H26F2N2O3/c1-22(2,12-28-3)19-17(23)10-14(11-18(19)24)26-21(27)20-16-6-5-15(29-4)9-13(16)7-8-25-20/h5-6,9-11,20,25H,7-8,12H2,1-4H3,(H,26,27)/t20-/m1/s1. The molecule has 3 rings (SSSR count). The molecule has 0 aliphatic carbocycles. The normalized spacial score (nSPS) is 16.3. The molecule has 1 heterocycles. The Morgan fingerprint density at radius 1 is 1.21 bits per heavy atom. The molecule has 156 valence electrons. The van der Waals surface area contributed by atoms with E-state index in [1.54, 1.807) is 27.0 Å². The van der Waals surface area contributed by atoms with Crippen molar-refractivity contribution < 1.29 is 23.0 Å². The highest BCUT2D eigenvalue weighted by atomic mass is 19.1. The van der Waals surface area contributed by atoms with Gasteiger partial charge in [-0.15, -0.1) is 0 Å². The van der Waals surface area contributed by atoms with Gasteiger partial charge in [-0.1, -0.05) is 19.9 Å². The van der Waals surface area contributed by atoms with Crippen molar-refractivity contribution in [1.29, 1.82) is 0 Å². The van der Waals surface area contributed by atoms with Crippen LogP contribution in [0, 0.1) is 11.6 Å². The van der Waals surface area contributed by atoms with E-state index in [9.17, 15) is 13.6 Å². The van der Waals surface area contributed by atoms with E-state index in [0.717, 1.165) is 35.4 Å². The summed E-state index contributed by atoms with van der Waals surface area (Å²) in [6.45, 7) is 4.19. The van der Waals surface area contributed by atoms with Gasteiger partial charge in [0.1, 0.15) is 23.4 Å². The molecule has 1 aliphatic heterocycles. The maximum Gasteiger partial charge on any atom is 0.246 e. The molecule has 1 aliphatic rings. The summed E-state index contributed by atoms with van der Waals surface area (Å²) >= 11 is 0. The van der Waals surface area contributed by atoms with E-state index < -0.39 is 23.1 Å². The van der Waals surface area contributed by atoms with Crippen LogP contribution >= 0.6 is 0 Å². The zero-order chi connectivity index (χ0) is 21.2. The second-order valence-electron chi connectivity index (χ2n) is 7.82. The van der Waals surface area contributed by atoms with Gasteiger partial charge in [-0.25, -0.2) is 8.78 Å². The second-order valence-corrected chi connectivity index (χ2v) is 7.82. The molecular formula is C22H26F2N2O3. The van der Waals surface area contributed by atoms with Gasteiger partial charge in [0.05, 0.1) is 13.7 Å². The Morgan fingerprint density at radius 2 is 1.90 bits per heavy atom. The Kier molecular flexibility index (Phi) is 6.19. The molecule has 7 heteroatoms. The highest BCUT2D eigenvalue weighted by Gasteiger charge is 2.30. The van der Waals surface area contributed by atoms with Crippen LogP contribution in [-0.4, -0.2) is 33.3 Å². The maximum absolute atomic E-state index is 14.7. The summed E-state index contributed by atoms with van der Waals surface area (Å²) in [6, 6.07) is 7.21. The zero-order valence-corrected chi connectivity index (χ0v) is 17.1. The number of nitrogens with one attached hydrogen (secondary N) is 2. The number of carbonyl (C=O) groups excluding carboxylic acids is 1. The maximum atomic E-state index is 14.7. The fraction of sp³-hybridized carbons (Fsp3) is 0.409. The number of rotatable bonds is 6. The zero-order valence-electron chi connectivity index (χ0n) is 17.1. The van der Waals surface area contributed by atoms with Gasteiger partial charge >= 0.3 is 0 Å². The molecule has 0 unspecified atom stereocenters. The minimum absolute atomic E-state index is 0.0643. The number of fused-ring (bicyclic) bond motifs is 1. The topological polar surface area (TPSA) is 59.6 Å². The van der Waals surface area contributed by atoms with E-state index in [1.165, 1.54) is 7.11 Å². The molecule has 0 fully saturated rings. The number of carbonyl (C=O) groups is 1. The van der Waals surface area contributed by atoms with Crippen LogP contribution in [0.25, 0.3) is 0 Å². The van der Waals surface area contributed by atoms with Crippen molar-refractivity contribution in [3.63, 3.8) is 0 Å². The highest BCUT2D eigenvalue weighted by molar-refractivity contribution is 5.96. The van der Waals surface area contributed by atoms with Crippen LogP contribution in [-0.2, 0) is 21.4 Å². The van der Waals surface area contributed by atoms with Gasteiger partial charge in [0, 0.05) is 30.3 Å². The lowest BCUT2D eigenvalue weighted by molar-refractivity contribution is -0.118. The number of amides is 1. The Bertz CT molecular complexity index is 892. The number of benzene rings is 2. The molecule has 2 N–H and O–H groups in total. The average Bonchev–Trinajstić information content (AvgIpc) is 2.66. The molecule has 0 spiro atoms. The van der Waals surface area contributed by atoms with Gasteiger partial charge in [0.2, 0.25) is 5.91 Å². The van der Waals surface area contributed by atoms with Crippen LogP contribution < -0.4 is 15.4 Å². The van der Waals surface area contributed by atoms with Gasteiger partial charge < -0.3 is 20.1 Å². The minimum Gasteiger partial charge on any atom is -0.497 e. The van der Waals surface area contributed by atoms with Crippen LogP contribution in [0.1, 0.15) is 36.6 Å². The quantitative estimate of drug-likeness (QED) is 0.771. The van der Waals surface area contributed by atoms with Crippen molar-refractivity contribution in [3.05, 3.63) is 58.7 Å². The van der Waals surface area contributed by atoms with Gasteiger partial charge in [0.25, 0.3) is 0 Å². The summed E-state index contributed by atoms with van der Waals surface area (Å²) < 4.78 is 39.7. The molecule has 0 saturated heterocycles. The molecule has 1 atom stereocenters. The first kappa shape index (κ1) is 21.2. The summed E-state index contributed by atoms with van der Waals surface area (Å²) in [5.41, 5.74) is 1.01. The van der Waals surface area contributed by atoms with Crippen molar-refractivity contribution >= 4 is 11.6 Å². The predicted octanol–water partition coefficient (Wildman–Crippen LogP) is 3.72. The molecule has 29 heavy (non-hydrogen) atoms. The van der Waals surface area contributed by atoms with Crippen LogP contribution in [0.2, 0.25) is 0 Å². The summed E-state index contributed by atoms with van der Waals surface area (Å²) in [6.07, 6.45) is 0.767. The van der Waals surface area contributed by atoms with Crippen molar-refractivity contribution in [2.24, 2.45) is 0 Å². The summed E-state index contributed by atoms with van der Waals surface area (Å²) in [5, 5.41) is 5.79. The Labute approximate surface area is 169 Å². The van der Waals surface area contributed by atoms with Gasteiger partial charge in [-0.2, -0.15) is 0 Å². The number of ether oxygens (including phenoxy) is 2. The van der Waals surface area contributed by atoms with Crippen LogP contribution in [0.15, 0.2) is 30.3 Å². The largest absolute Gasteiger partial charge is 0.497 e. The average molecular weight is 404 g/mol. The molecule has 5 nitrogen and oxygen atoms in total. The number of anilines is 1. The van der Waals surface area contributed by atoms with E-state index >= 15 is 0 Å². The molecule has 0 radical (unpaired) electrons. The fourth-order valence-electron chi connectivity index (χ4n) is 3.84. The molecule has 0 saturated carbocycles. The van der Waals surface area contributed by atoms with Crippen molar-refractivity contribution in [1.82, 2.24) is 5.32 Å². The van der Waals surface area contributed by atoms with Gasteiger partial charge in [0.15, 0.2) is 0 Å². The first-order valence-corrected chi connectivity index (χ1v) is 9.46. The molecule has 0 aromatic heterocycles. The molecule has 2 aromatic carbocycles. The van der Waals surface area contributed by atoms with E-state index in [1.807, 2.05) is 12.1 Å². The Hall–Kier alpha value is -2.51. The molecular weight excluding hydrogens is 378 g/mol. The second kappa shape index (κ2) is 8.47. The number of hydrogen-bond acceptors (Lipinski definition) is 4. The Morgan fingerprint density at radius 3 is 2.52 bits per heavy atom. The third kappa shape index (κ3) is 4.41. The molecule has 0 bridgehead atoms. The number of hydrogen-bond donors (Lipinski definition) is 2. The minimum atomic E-state index is -0.839. The van der Waals surface area contributed by atoms with Crippen LogP contribution in [0.3, 0.4) is 0 Å². The van der Waals surface area contributed by atoms with E-state index in [-0.39, 0.29) is 23.8 Å². The number of halogens is 2. The monoisotopic (exact) mass is 404 g/mol. The van der Waals surface area contributed by atoms with Gasteiger partial charge in [-0.05, 0) is 41.8 Å². The SMILES string of the molecule is COCC(C)(C)c1c(F)cc(NC(=O)[C@@H]2NCCc3cc(OC)ccc32)cc1F. The third-order valence-electron chi connectivity index (χ3n) is 5.16. The summed E-state index contributed by atoms with van der Waals surface area (Å²) in [4.78, 5) is 12.8. The lowest BCUT2D eigenvalue weighted by atomic mass is 9.84.